The molecule has 0 atom stereocenters. The van der Waals surface area contributed by atoms with Crippen molar-refractivity contribution in [2.24, 2.45) is 0 Å². The second-order valence-corrected chi connectivity index (χ2v) is 13.8. The molecule has 1 aromatic carbocycles. The summed E-state index contributed by atoms with van der Waals surface area (Å²) in [6.07, 6.45) is 9.06. The number of allylic oxidation sites excluding steroid dienone is 4. The van der Waals surface area contributed by atoms with E-state index >= 15 is 0 Å². The minimum atomic E-state index is -0.338. The molecule has 6 rings (SSSR count). The summed E-state index contributed by atoms with van der Waals surface area (Å²) < 4.78 is 0. The number of hydrogen-bond donors (Lipinski definition) is 2. The zero-order chi connectivity index (χ0) is 35.0. The largest absolute Gasteiger partial charge is 0.355 e. The van der Waals surface area contributed by atoms with Gasteiger partial charge in [-0.2, -0.15) is 0 Å². The number of rotatable bonds is 10. The number of fused-ring (bicyclic) bond motifs is 8. The molecule has 0 fully saturated rings. The van der Waals surface area contributed by atoms with Crippen LogP contribution in [0.4, 0.5) is 5.69 Å². The third-order valence-electron chi connectivity index (χ3n) is 10.7. The van der Waals surface area contributed by atoms with Gasteiger partial charge in [0.2, 0.25) is 0 Å². The predicted octanol–water partition coefficient (Wildman–Crippen LogP) is 11.9. The minimum absolute atomic E-state index is 0.0455. The molecule has 2 aliphatic heterocycles. The molecule has 0 amide bonds. The van der Waals surface area contributed by atoms with Crippen LogP contribution in [-0.4, -0.2) is 24.9 Å². The molecule has 7 heteroatoms. The van der Waals surface area contributed by atoms with E-state index in [2.05, 4.69) is 83.6 Å². The molecule has 0 saturated heterocycles. The van der Waals surface area contributed by atoms with Crippen molar-refractivity contribution in [2.45, 2.75) is 107 Å². The number of nitro groups is 1. The van der Waals surface area contributed by atoms with Gasteiger partial charge in [-0.15, -0.1) is 0 Å². The van der Waals surface area contributed by atoms with Gasteiger partial charge in [0, 0.05) is 39.8 Å². The van der Waals surface area contributed by atoms with E-state index in [4.69, 9.17) is 9.97 Å². The molecule has 2 N–H and O–H groups in total. The number of non-ortho nitro benzene ring substituents is 1. The monoisotopic (exact) mass is 655 g/mol. The molecule has 3 aromatic heterocycles. The van der Waals surface area contributed by atoms with E-state index in [9.17, 15) is 10.1 Å². The quantitative estimate of drug-likeness (QED) is 0.101. The fourth-order valence-corrected chi connectivity index (χ4v) is 7.30. The number of unbranched alkanes of at least 4 members (excludes halogenated alkanes) is 4. The Labute approximate surface area is 289 Å². The van der Waals surface area contributed by atoms with Gasteiger partial charge < -0.3 is 9.97 Å². The third-order valence-corrected chi connectivity index (χ3v) is 10.7. The van der Waals surface area contributed by atoms with Crippen LogP contribution >= 0.6 is 0 Å². The number of benzene rings is 1. The van der Waals surface area contributed by atoms with Crippen molar-refractivity contribution < 1.29 is 4.92 Å². The molecular formula is C42H49N5O2. The van der Waals surface area contributed by atoms with Gasteiger partial charge in [-0.05, 0) is 136 Å². The molecule has 0 radical (unpaired) electrons. The maximum absolute atomic E-state index is 11.9. The molecule has 7 nitrogen and oxygen atoms in total. The van der Waals surface area contributed by atoms with Gasteiger partial charge in [0.1, 0.15) is 0 Å². The Bertz CT molecular complexity index is 2070. The molecule has 254 valence electrons. The lowest BCUT2D eigenvalue weighted by molar-refractivity contribution is -0.384. The van der Waals surface area contributed by atoms with E-state index in [0.29, 0.717) is 0 Å². The molecule has 0 aliphatic carbocycles. The summed E-state index contributed by atoms with van der Waals surface area (Å²) in [6.45, 7) is 17.4. The van der Waals surface area contributed by atoms with Crippen molar-refractivity contribution in [1.29, 1.82) is 0 Å². The number of nitrogens with one attached hydrogen (secondary N) is 2. The third kappa shape index (κ3) is 6.39. The molecule has 5 heterocycles. The first-order valence-electron chi connectivity index (χ1n) is 17.9. The van der Waals surface area contributed by atoms with Gasteiger partial charge >= 0.3 is 0 Å². The molecular weight excluding hydrogens is 606 g/mol. The van der Waals surface area contributed by atoms with Crippen LogP contribution in [0.5, 0.6) is 0 Å². The normalized spacial score (nSPS) is 13.1. The standard InChI is InChI=1S/C42H49N5O2/c1-9-11-13-18-32-28(7)36-21-34-24(3)26(5)41(45-34)40(30-16-15-17-31(20-30)47(48)49)42-27(6)25(4)35(46-42)22-37-29(8)33(19-14-12-10-2)39(44-37)23-38(32)43-36/h15-17,20-23,43-44H,9-14,18-19H2,1-8H3. The molecule has 8 bridgehead atoms. The van der Waals surface area contributed by atoms with Gasteiger partial charge in [-0.1, -0.05) is 51.7 Å². The van der Waals surface area contributed by atoms with E-state index in [-0.39, 0.29) is 10.6 Å². The average molecular weight is 656 g/mol. The van der Waals surface area contributed by atoms with Crippen molar-refractivity contribution in [3.8, 4) is 11.1 Å². The first kappa shape index (κ1) is 34.1. The number of nitrogens with zero attached hydrogens (tertiary/aromatic N) is 3. The van der Waals surface area contributed by atoms with Gasteiger partial charge in [-0.25, -0.2) is 9.97 Å². The van der Waals surface area contributed by atoms with Crippen LogP contribution in [-0.2, 0) is 12.8 Å². The highest BCUT2D eigenvalue weighted by atomic mass is 16.6. The van der Waals surface area contributed by atoms with Crippen LogP contribution in [0.2, 0.25) is 0 Å². The van der Waals surface area contributed by atoms with Gasteiger partial charge in [0.25, 0.3) is 5.69 Å². The van der Waals surface area contributed by atoms with Crippen LogP contribution in [0, 0.1) is 24.0 Å². The fourth-order valence-electron chi connectivity index (χ4n) is 7.30. The van der Waals surface area contributed by atoms with Crippen molar-refractivity contribution >= 4 is 50.0 Å². The van der Waals surface area contributed by atoms with Crippen LogP contribution in [0.1, 0.15) is 125 Å². The lowest BCUT2D eigenvalue weighted by Crippen LogP contribution is -1.94. The van der Waals surface area contributed by atoms with Crippen LogP contribution in [0.25, 0.3) is 55.5 Å². The number of nitro benzene ring substituents is 1. The number of aryl methyl sites for hydroxylation is 4. The molecule has 2 aliphatic rings. The summed E-state index contributed by atoms with van der Waals surface area (Å²) in [5.74, 6) is 0. The second-order valence-electron chi connectivity index (χ2n) is 13.8. The Morgan fingerprint density at radius 1 is 0.633 bits per heavy atom. The van der Waals surface area contributed by atoms with E-state index < -0.39 is 0 Å². The predicted molar refractivity (Wildman–Crippen MR) is 205 cm³/mol. The van der Waals surface area contributed by atoms with E-state index in [0.717, 1.165) is 104 Å². The summed E-state index contributed by atoms with van der Waals surface area (Å²) in [6, 6.07) is 13.6. The molecule has 0 spiro atoms. The zero-order valence-electron chi connectivity index (χ0n) is 30.4. The second kappa shape index (κ2) is 14.0. The Balaban J connectivity index is 1.79. The van der Waals surface area contributed by atoms with Crippen molar-refractivity contribution in [2.75, 3.05) is 0 Å². The topological polar surface area (TPSA) is 100 Å². The van der Waals surface area contributed by atoms with E-state index in [1.807, 2.05) is 6.07 Å². The molecule has 0 unspecified atom stereocenters. The van der Waals surface area contributed by atoms with Crippen LogP contribution in [0.15, 0.2) is 42.5 Å². The number of aromatic amines is 2. The van der Waals surface area contributed by atoms with E-state index in [1.54, 1.807) is 12.1 Å². The van der Waals surface area contributed by atoms with Crippen molar-refractivity contribution in [1.82, 2.24) is 19.9 Å². The summed E-state index contributed by atoms with van der Waals surface area (Å²) in [5.41, 5.74) is 18.9. The Morgan fingerprint density at radius 3 is 1.57 bits per heavy atom. The zero-order valence-corrected chi connectivity index (χ0v) is 30.4. The maximum Gasteiger partial charge on any atom is 0.270 e. The molecule has 0 saturated carbocycles. The van der Waals surface area contributed by atoms with Gasteiger partial charge in [0.15, 0.2) is 0 Å². The van der Waals surface area contributed by atoms with Crippen LogP contribution < -0.4 is 0 Å². The lowest BCUT2D eigenvalue weighted by Gasteiger charge is -2.09. The molecule has 4 aromatic rings. The summed E-state index contributed by atoms with van der Waals surface area (Å²) in [5, 5.41) is 11.9. The summed E-state index contributed by atoms with van der Waals surface area (Å²) >= 11 is 0. The number of aromatic nitrogens is 4. The maximum atomic E-state index is 11.9. The fraction of sp³-hybridized carbons (Fsp3) is 0.381. The SMILES string of the molecule is CCCCCc1c(C)c2cc3nc(c(-c4cccc([N+](=O)[O-])c4)c4nc(cc5[nH]c(cc1[nH]2)c(CCCCC)c5C)C(C)=C4C)C(C)=C3C. The minimum Gasteiger partial charge on any atom is -0.355 e. The van der Waals surface area contributed by atoms with Gasteiger partial charge in [0.05, 0.1) is 27.7 Å². The lowest BCUT2D eigenvalue weighted by atomic mass is 9.94. The smallest absolute Gasteiger partial charge is 0.270 e. The highest BCUT2D eigenvalue weighted by molar-refractivity contribution is 6.01. The number of H-pyrrole nitrogens is 2. The van der Waals surface area contributed by atoms with E-state index in [1.165, 1.54) is 54.0 Å². The Morgan fingerprint density at radius 2 is 1.12 bits per heavy atom. The van der Waals surface area contributed by atoms with Crippen molar-refractivity contribution in [3.05, 3.63) is 97.6 Å². The summed E-state index contributed by atoms with van der Waals surface area (Å²) in [4.78, 5) is 29.8. The first-order valence-corrected chi connectivity index (χ1v) is 17.9. The van der Waals surface area contributed by atoms with Crippen molar-refractivity contribution in [3.63, 3.8) is 0 Å². The average Bonchev–Trinajstić information content (AvgIpc) is 3.73. The highest BCUT2D eigenvalue weighted by Gasteiger charge is 2.25. The number of hydrogen-bond acceptors (Lipinski definition) is 4. The first-order chi connectivity index (χ1) is 23.5. The van der Waals surface area contributed by atoms with Gasteiger partial charge in [-0.3, -0.25) is 10.1 Å². The Hall–Kier alpha value is -4.78. The highest BCUT2D eigenvalue weighted by Crippen LogP contribution is 2.42. The summed E-state index contributed by atoms with van der Waals surface area (Å²) in [7, 11) is 0. The van der Waals surface area contributed by atoms with Crippen LogP contribution in [0.3, 0.4) is 0 Å². The molecule has 49 heavy (non-hydrogen) atoms. The Kier molecular flexibility index (Phi) is 9.73.